The van der Waals surface area contributed by atoms with Crippen molar-refractivity contribution in [1.82, 2.24) is 9.80 Å². The monoisotopic (exact) mass is 303 g/mol. The third-order valence-electron chi connectivity index (χ3n) is 4.45. The molecule has 0 radical (unpaired) electrons. The van der Waals surface area contributed by atoms with Crippen LogP contribution in [0.4, 0.5) is 0 Å². The summed E-state index contributed by atoms with van der Waals surface area (Å²) in [6.07, 6.45) is 4.32. The summed E-state index contributed by atoms with van der Waals surface area (Å²) in [5.74, 6) is 0.0884. The first-order chi connectivity index (χ1) is 9.00. The number of amides is 2. The van der Waals surface area contributed by atoms with Crippen LogP contribution in [-0.4, -0.2) is 53.8 Å². The van der Waals surface area contributed by atoms with Gasteiger partial charge < -0.3 is 15.5 Å². The Morgan fingerprint density at radius 3 is 2.60 bits per heavy atom. The molecule has 5 nitrogen and oxygen atoms in total. The van der Waals surface area contributed by atoms with Crippen molar-refractivity contribution in [2.45, 2.75) is 51.1 Å². The molecule has 3 atom stereocenters. The molecule has 0 aromatic rings. The lowest BCUT2D eigenvalue weighted by Gasteiger charge is -2.41. The number of rotatable bonds is 2. The number of hydrogen-bond donors (Lipinski definition) is 1. The van der Waals surface area contributed by atoms with Crippen molar-refractivity contribution in [3.63, 3.8) is 0 Å². The zero-order valence-corrected chi connectivity index (χ0v) is 13.2. The highest BCUT2D eigenvalue weighted by Gasteiger charge is 2.36. The molecule has 0 aromatic heterocycles. The SMILES string of the molecule is CC(N)C1CCCCN1C(=O)C1CCN(C)C(=O)C1.Cl. The van der Waals surface area contributed by atoms with Gasteiger partial charge in [-0.1, -0.05) is 0 Å². The van der Waals surface area contributed by atoms with Crippen LogP contribution in [-0.2, 0) is 9.59 Å². The molecule has 2 rings (SSSR count). The molecule has 0 aromatic carbocycles. The summed E-state index contributed by atoms with van der Waals surface area (Å²) >= 11 is 0. The third kappa shape index (κ3) is 3.64. The molecule has 2 amide bonds. The van der Waals surface area contributed by atoms with Gasteiger partial charge in [0.25, 0.3) is 0 Å². The van der Waals surface area contributed by atoms with Gasteiger partial charge in [0.1, 0.15) is 0 Å². The van der Waals surface area contributed by atoms with Crippen molar-refractivity contribution in [2.75, 3.05) is 20.1 Å². The molecule has 0 spiro atoms. The first kappa shape index (κ1) is 17.2. The maximum atomic E-state index is 12.6. The highest BCUT2D eigenvalue weighted by Crippen LogP contribution is 2.25. The molecule has 2 saturated heterocycles. The average molecular weight is 304 g/mol. The quantitative estimate of drug-likeness (QED) is 0.828. The second-order valence-electron chi connectivity index (χ2n) is 5.96. The Hall–Kier alpha value is -0.810. The predicted molar refractivity (Wildman–Crippen MR) is 80.6 cm³/mol. The van der Waals surface area contributed by atoms with Crippen LogP contribution in [0.2, 0.25) is 0 Å². The van der Waals surface area contributed by atoms with Gasteiger partial charge in [-0.3, -0.25) is 9.59 Å². The minimum Gasteiger partial charge on any atom is -0.346 e. The third-order valence-corrected chi connectivity index (χ3v) is 4.45. The van der Waals surface area contributed by atoms with Gasteiger partial charge in [-0.05, 0) is 32.6 Å². The maximum absolute atomic E-state index is 12.6. The molecule has 2 N–H and O–H groups in total. The van der Waals surface area contributed by atoms with Crippen LogP contribution >= 0.6 is 12.4 Å². The van der Waals surface area contributed by atoms with Gasteiger partial charge in [0.2, 0.25) is 11.8 Å². The predicted octanol–water partition coefficient (Wildman–Crippen LogP) is 1.00. The van der Waals surface area contributed by atoms with E-state index in [1.165, 1.54) is 0 Å². The summed E-state index contributed by atoms with van der Waals surface area (Å²) in [4.78, 5) is 28.0. The Bertz CT molecular complexity index is 362. The summed E-state index contributed by atoms with van der Waals surface area (Å²) in [6, 6.07) is 0.155. The minimum atomic E-state index is -0.136. The molecule has 2 fully saturated rings. The summed E-state index contributed by atoms with van der Waals surface area (Å²) in [5, 5.41) is 0. The summed E-state index contributed by atoms with van der Waals surface area (Å²) < 4.78 is 0. The summed E-state index contributed by atoms with van der Waals surface area (Å²) in [6.45, 7) is 3.45. The number of piperidine rings is 2. The molecule has 0 saturated carbocycles. The normalized spacial score (nSPS) is 28.9. The molecule has 116 valence electrons. The van der Waals surface area contributed by atoms with Gasteiger partial charge in [-0.2, -0.15) is 0 Å². The number of nitrogens with two attached hydrogens (primary N) is 1. The molecular weight excluding hydrogens is 278 g/mol. The largest absolute Gasteiger partial charge is 0.346 e. The van der Waals surface area contributed by atoms with E-state index >= 15 is 0 Å². The fraction of sp³-hybridized carbons (Fsp3) is 0.857. The Morgan fingerprint density at radius 1 is 1.30 bits per heavy atom. The van der Waals surface area contributed by atoms with Crippen LogP contribution in [0.25, 0.3) is 0 Å². The van der Waals surface area contributed by atoms with Crippen molar-refractivity contribution in [3.8, 4) is 0 Å². The Kier molecular flexibility index (Phi) is 6.27. The van der Waals surface area contributed by atoms with E-state index in [4.69, 9.17) is 5.73 Å². The van der Waals surface area contributed by atoms with Gasteiger partial charge in [-0.25, -0.2) is 0 Å². The Morgan fingerprint density at radius 2 is 2.00 bits per heavy atom. The molecule has 3 unspecified atom stereocenters. The van der Waals surface area contributed by atoms with Gasteiger partial charge >= 0.3 is 0 Å². The zero-order valence-electron chi connectivity index (χ0n) is 12.4. The van der Waals surface area contributed by atoms with E-state index in [1.807, 2.05) is 11.8 Å². The van der Waals surface area contributed by atoms with Crippen LogP contribution in [0, 0.1) is 5.92 Å². The van der Waals surface area contributed by atoms with Gasteiger partial charge in [0, 0.05) is 44.6 Å². The van der Waals surface area contributed by atoms with Gasteiger partial charge in [0.05, 0.1) is 0 Å². The molecule has 20 heavy (non-hydrogen) atoms. The highest BCUT2D eigenvalue weighted by molar-refractivity contribution is 5.87. The first-order valence-corrected chi connectivity index (χ1v) is 7.30. The Balaban J connectivity index is 0.00000200. The van der Waals surface area contributed by atoms with Crippen LogP contribution in [0.3, 0.4) is 0 Å². The smallest absolute Gasteiger partial charge is 0.226 e. The van der Waals surface area contributed by atoms with Crippen molar-refractivity contribution < 1.29 is 9.59 Å². The van der Waals surface area contributed by atoms with Gasteiger partial charge in [0.15, 0.2) is 0 Å². The molecule has 2 aliphatic rings. The number of nitrogens with zero attached hydrogens (tertiary/aromatic N) is 2. The summed E-state index contributed by atoms with van der Waals surface area (Å²) in [7, 11) is 1.80. The maximum Gasteiger partial charge on any atom is 0.226 e. The van der Waals surface area contributed by atoms with Crippen molar-refractivity contribution >= 4 is 24.2 Å². The lowest BCUT2D eigenvalue weighted by atomic mass is 9.90. The fourth-order valence-corrected chi connectivity index (χ4v) is 3.17. The van der Waals surface area contributed by atoms with E-state index < -0.39 is 0 Å². The molecule has 0 bridgehead atoms. The first-order valence-electron chi connectivity index (χ1n) is 7.30. The van der Waals surface area contributed by atoms with E-state index in [-0.39, 0.29) is 42.2 Å². The second kappa shape index (κ2) is 7.27. The molecule has 2 aliphatic heterocycles. The van der Waals surface area contributed by atoms with Crippen LogP contribution in [0.1, 0.15) is 39.0 Å². The van der Waals surface area contributed by atoms with E-state index in [9.17, 15) is 9.59 Å². The lowest BCUT2D eigenvalue weighted by molar-refractivity contribution is -0.147. The van der Waals surface area contributed by atoms with Crippen molar-refractivity contribution in [2.24, 2.45) is 11.7 Å². The number of carbonyl (C=O) groups is 2. The van der Waals surface area contributed by atoms with Crippen LogP contribution in [0.5, 0.6) is 0 Å². The van der Waals surface area contributed by atoms with Crippen molar-refractivity contribution in [1.29, 1.82) is 0 Å². The Labute approximate surface area is 127 Å². The second-order valence-corrected chi connectivity index (χ2v) is 5.96. The number of hydrogen-bond acceptors (Lipinski definition) is 3. The number of carbonyl (C=O) groups excluding carboxylic acids is 2. The lowest BCUT2D eigenvalue weighted by Crippen LogP contribution is -2.54. The number of likely N-dealkylation sites (tertiary alicyclic amines) is 2. The topological polar surface area (TPSA) is 66.6 Å². The van der Waals surface area contributed by atoms with Crippen LogP contribution < -0.4 is 5.73 Å². The van der Waals surface area contributed by atoms with E-state index in [0.29, 0.717) is 13.0 Å². The minimum absolute atomic E-state index is 0. The molecule has 0 aliphatic carbocycles. The van der Waals surface area contributed by atoms with Crippen molar-refractivity contribution in [3.05, 3.63) is 0 Å². The highest BCUT2D eigenvalue weighted by atomic mass is 35.5. The zero-order chi connectivity index (χ0) is 14.0. The van der Waals surface area contributed by atoms with E-state index in [2.05, 4.69) is 0 Å². The molecule has 2 heterocycles. The van der Waals surface area contributed by atoms with Gasteiger partial charge in [-0.15, -0.1) is 12.4 Å². The van der Waals surface area contributed by atoms with E-state index in [1.54, 1.807) is 11.9 Å². The standard InChI is InChI=1S/C14H25N3O2.ClH/c1-10(15)12-5-3-4-7-17(12)14(19)11-6-8-16(2)13(18)9-11;/h10-12H,3-9,15H2,1-2H3;1H. The van der Waals surface area contributed by atoms with Crippen LogP contribution in [0.15, 0.2) is 0 Å². The summed E-state index contributed by atoms with van der Waals surface area (Å²) in [5.41, 5.74) is 6.01. The molecule has 6 heteroatoms. The molecular formula is C14H26ClN3O2. The number of halogens is 1. The fourth-order valence-electron chi connectivity index (χ4n) is 3.17. The van der Waals surface area contributed by atoms with E-state index in [0.717, 1.165) is 32.2 Å². The average Bonchev–Trinajstić information content (AvgIpc) is 2.41.